The topological polar surface area (TPSA) is 116 Å². The molecule has 10 nitrogen and oxygen atoms in total. The number of carbonyl (C=O) groups excluding carboxylic acids is 2. The van der Waals surface area contributed by atoms with Gasteiger partial charge in [0.05, 0.1) is 16.7 Å². The van der Waals surface area contributed by atoms with Gasteiger partial charge in [0.15, 0.2) is 5.16 Å². The number of benzene rings is 1. The zero-order chi connectivity index (χ0) is 23.7. The van der Waals surface area contributed by atoms with E-state index in [1.165, 1.54) is 18.2 Å². The summed E-state index contributed by atoms with van der Waals surface area (Å²) in [4.78, 5) is 30.7. The molecule has 180 valence electrons. The van der Waals surface area contributed by atoms with E-state index >= 15 is 0 Å². The Balaban J connectivity index is 1.36. The van der Waals surface area contributed by atoms with Crippen molar-refractivity contribution < 1.29 is 14.3 Å². The molecule has 0 unspecified atom stereocenters. The quantitative estimate of drug-likeness (QED) is 0.374. The Bertz CT molecular complexity index is 1210. The van der Waals surface area contributed by atoms with E-state index in [0.29, 0.717) is 48.0 Å². The lowest BCUT2D eigenvalue weighted by Crippen LogP contribution is -2.28. The van der Waals surface area contributed by atoms with Crippen LogP contribution in [0.3, 0.4) is 0 Å². The summed E-state index contributed by atoms with van der Waals surface area (Å²) >= 11 is 1.52. The van der Waals surface area contributed by atoms with Gasteiger partial charge in [0.25, 0.3) is 11.8 Å². The van der Waals surface area contributed by atoms with Gasteiger partial charge in [-0.1, -0.05) is 18.2 Å². The number of fused-ring (bicyclic) bond motifs is 1. The highest BCUT2D eigenvalue weighted by atomic mass is 32.2. The second-order valence-corrected chi connectivity index (χ2v) is 9.93. The van der Waals surface area contributed by atoms with Crippen molar-refractivity contribution in [3.63, 3.8) is 0 Å². The molecule has 2 aromatic heterocycles. The van der Waals surface area contributed by atoms with Crippen LogP contribution >= 0.6 is 11.8 Å². The van der Waals surface area contributed by atoms with Gasteiger partial charge in [0, 0.05) is 44.5 Å². The molecule has 2 amide bonds. The lowest BCUT2D eigenvalue weighted by molar-refractivity contribution is -0.124. The molecular formula is C23H29N7O3S. The summed E-state index contributed by atoms with van der Waals surface area (Å²) in [5.74, 6) is 1.71. The average Bonchev–Trinajstić information content (AvgIpc) is 3.52. The van der Waals surface area contributed by atoms with E-state index in [2.05, 4.69) is 25.4 Å². The molecule has 3 heterocycles. The van der Waals surface area contributed by atoms with Crippen LogP contribution in [0.25, 0.3) is 11.0 Å². The molecule has 1 saturated carbocycles. The first-order valence-electron chi connectivity index (χ1n) is 11.7. The zero-order valence-electron chi connectivity index (χ0n) is 19.4. The minimum Gasteiger partial charge on any atom is -0.368 e. The highest BCUT2D eigenvalue weighted by molar-refractivity contribution is 7.99. The second kappa shape index (κ2) is 9.75. The van der Waals surface area contributed by atoms with Crippen molar-refractivity contribution in [3.05, 3.63) is 29.8 Å². The van der Waals surface area contributed by atoms with Gasteiger partial charge in [0.2, 0.25) is 0 Å². The Labute approximate surface area is 201 Å². The number of aromatic nitrogens is 5. The first-order chi connectivity index (χ1) is 16.5. The van der Waals surface area contributed by atoms with Gasteiger partial charge >= 0.3 is 0 Å². The molecule has 2 N–H and O–H groups in total. The van der Waals surface area contributed by atoms with Gasteiger partial charge in [-0.25, -0.2) is 4.98 Å². The van der Waals surface area contributed by atoms with E-state index < -0.39 is 6.10 Å². The summed E-state index contributed by atoms with van der Waals surface area (Å²) in [6.45, 7) is 1.07. The molecule has 2 fully saturated rings. The van der Waals surface area contributed by atoms with Gasteiger partial charge in [-0.05, 0) is 37.8 Å². The number of hydrogen-bond donors (Lipinski definition) is 2. The molecule has 11 heteroatoms. The maximum atomic E-state index is 13.0. The number of aryl methyl sites for hydroxylation is 2. The number of thioether (sulfide) groups is 1. The van der Waals surface area contributed by atoms with Gasteiger partial charge < -0.3 is 24.5 Å². The van der Waals surface area contributed by atoms with Crippen LogP contribution in [0.1, 0.15) is 54.2 Å². The summed E-state index contributed by atoms with van der Waals surface area (Å²) in [5, 5.41) is 14.7. The van der Waals surface area contributed by atoms with Crippen molar-refractivity contribution in [2.24, 2.45) is 14.1 Å². The first kappa shape index (κ1) is 22.9. The molecule has 3 aromatic rings. The van der Waals surface area contributed by atoms with Crippen molar-refractivity contribution in [3.8, 4) is 0 Å². The first-order valence-corrected chi connectivity index (χ1v) is 12.7. The fraction of sp³-hybridized carbons (Fsp3) is 0.522. The van der Waals surface area contributed by atoms with Crippen LogP contribution in [0.4, 0.5) is 5.69 Å². The number of nitrogens with one attached hydrogen (secondary N) is 2. The zero-order valence-corrected chi connectivity index (χ0v) is 20.2. The molecule has 34 heavy (non-hydrogen) atoms. The second-order valence-electron chi connectivity index (χ2n) is 8.87. The monoisotopic (exact) mass is 483 g/mol. The molecule has 1 saturated heterocycles. The molecule has 5 rings (SSSR count). The molecule has 1 aliphatic heterocycles. The largest absolute Gasteiger partial charge is 0.368 e. The fourth-order valence-electron chi connectivity index (χ4n) is 4.44. The van der Waals surface area contributed by atoms with Gasteiger partial charge in [0.1, 0.15) is 18.3 Å². The predicted molar refractivity (Wildman–Crippen MR) is 129 cm³/mol. The van der Waals surface area contributed by atoms with Crippen LogP contribution in [-0.2, 0) is 23.6 Å². The van der Waals surface area contributed by atoms with Crippen molar-refractivity contribution in [1.82, 2.24) is 29.6 Å². The van der Waals surface area contributed by atoms with E-state index in [9.17, 15) is 9.59 Å². The highest BCUT2D eigenvalue weighted by Gasteiger charge is 2.28. The number of imidazole rings is 1. The van der Waals surface area contributed by atoms with Crippen LogP contribution in [0.2, 0.25) is 0 Å². The van der Waals surface area contributed by atoms with Crippen molar-refractivity contribution >= 4 is 40.3 Å². The fourth-order valence-corrected chi connectivity index (χ4v) is 5.18. The third-order valence-corrected chi connectivity index (χ3v) is 7.54. The van der Waals surface area contributed by atoms with Crippen LogP contribution < -0.4 is 10.6 Å². The Morgan fingerprint density at radius 1 is 1.21 bits per heavy atom. The molecule has 1 atom stereocenters. The van der Waals surface area contributed by atoms with Gasteiger partial charge in [-0.3, -0.25) is 9.59 Å². The number of carbonyl (C=O) groups is 2. The maximum Gasteiger partial charge on any atom is 0.253 e. The van der Waals surface area contributed by atoms with Gasteiger partial charge in [-0.15, -0.1) is 10.2 Å². The van der Waals surface area contributed by atoms with Crippen LogP contribution in [0, 0.1) is 0 Å². The number of hydrogen-bond acceptors (Lipinski definition) is 7. The number of anilines is 1. The van der Waals surface area contributed by atoms with E-state index in [4.69, 9.17) is 9.72 Å². The Morgan fingerprint density at radius 2 is 2.06 bits per heavy atom. The smallest absolute Gasteiger partial charge is 0.253 e. The Morgan fingerprint density at radius 3 is 2.74 bits per heavy atom. The molecule has 2 aliphatic rings. The van der Waals surface area contributed by atoms with Crippen molar-refractivity contribution in [2.45, 2.75) is 49.3 Å². The van der Waals surface area contributed by atoms with Crippen LogP contribution in [0.5, 0.6) is 0 Å². The van der Waals surface area contributed by atoms with Crippen LogP contribution in [-0.4, -0.2) is 61.1 Å². The third-order valence-electron chi connectivity index (χ3n) is 6.50. The summed E-state index contributed by atoms with van der Waals surface area (Å²) in [6.07, 6.45) is 6.21. The lowest BCUT2D eigenvalue weighted by Gasteiger charge is -2.24. The Hall–Kier alpha value is -2.92. The maximum absolute atomic E-state index is 13.0. The van der Waals surface area contributed by atoms with E-state index in [-0.39, 0.29) is 11.8 Å². The molecule has 1 aromatic carbocycles. The molecule has 1 aliphatic carbocycles. The summed E-state index contributed by atoms with van der Waals surface area (Å²) < 4.78 is 9.45. The SMILES string of the molecule is Cn1cnnc1SCCNC(=O)c1cc(NC(=O)[C@@H]2CCCO2)c2c(c1)nc(C1CCC1)n2C. The average molecular weight is 484 g/mol. The number of nitrogens with zero attached hydrogens (tertiary/aromatic N) is 5. The number of rotatable bonds is 8. The summed E-state index contributed by atoms with van der Waals surface area (Å²) in [6, 6.07) is 3.55. The van der Waals surface area contributed by atoms with E-state index in [0.717, 1.165) is 35.8 Å². The summed E-state index contributed by atoms with van der Waals surface area (Å²) in [7, 11) is 3.86. The van der Waals surface area contributed by atoms with Crippen molar-refractivity contribution in [2.75, 3.05) is 24.2 Å². The Kier molecular flexibility index (Phi) is 6.55. The minimum atomic E-state index is -0.454. The number of amides is 2. The van der Waals surface area contributed by atoms with E-state index in [1.807, 2.05) is 24.7 Å². The van der Waals surface area contributed by atoms with Crippen molar-refractivity contribution in [1.29, 1.82) is 0 Å². The number of ether oxygens (including phenoxy) is 1. The predicted octanol–water partition coefficient (Wildman–Crippen LogP) is 2.61. The molecule has 0 bridgehead atoms. The minimum absolute atomic E-state index is 0.178. The third kappa shape index (κ3) is 4.54. The highest BCUT2D eigenvalue weighted by Crippen LogP contribution is 2.38. The molecular weight excluding hydrogens is 454 g/mol. The van der Waals surface area contributed by atoms with E-state index in [1.54, 1.807) is 12.4 Å². The standard InChI is InChI=1S/C23H29N7O3S/c1-29-13-25-28-23(29)34-10-8-24-21(31)15-11-16-19(30(2)20(26-16)14-5-3-6-14)17(12-15)27-22(32)18-7-4-9-33-18/h11-14,18H,3-10H2,1-2H3,(H,24,31)(H,27,32)/t18-/m0/s1. The lowest BCUT2D eigenvalue weighted by atomic mass is 9.85. The van der Waals surface area contributed by atoms with Crippen LogP contribution in [0.15, 0.2) is 23.6 Å². The normalized spacial score (nSPS) is 18.2. The summed E-state index contributed by atoms with van der Waals surface area (Å²) in [5.41, 5.74) is 2.62. The molecule has 0 spiro atoms. The molecule has 0 radical (unpaired) electrons. The van der Waals surface area contributed by atoms with Gasteiger partial charge in [-0.2, -0.15) is 0 Å².